The van der Waals surface area contributed by atoms with E-state index in [1.54, 1.807) is 24.3 Å². The Hall–Kier alpha value is -2.33. The lowest BCUT2D eigenvalue weighted by molar-refractivity contribution is 0.0598. The molecule has 0 radical (unpaired) electrons. The van der Waals surface area contributed by atoms with Gasteiger partial charge in [0.2, 0.25) is 0 Å². The van der Waals surface area contributed by atoms with Crippen LogP contribution in [0.1, 0.15) is 39.9 Å². The molecule has 3 nitrogen and oxygen atoms in total. The molecule has 0 amide bonds. The van der Waals surface area contributed by atoms with Gasteiger partial charge in [-0.3, -0.25) is 0 Å². The van der Waals surface area contributed by atoms with E-state index in [1.807, 2.05) is 6.07 Å². The number of allylic oxidation sites excluding steroid dienone is 2. The number of fused-ring (bicyclic) bond motifs is 3. The van der Waals surface area contributed by atoms with Crippen LogP contribution >= 0.6 is 11.6 Å². The van der Waals surface area contributed by atoms with E-state index >= 15 is 0 Å². The first kappa shape index (κ1) is 16.2. The molecular formula is C20H17ClFNO2. The van der Waals surface area contributed by atoms with Crippen LogP contribution < -0.4 is 5.32 Å². The third-order valence-corrected chi connectivity index (χ3v) is 5.40. The lowest BCUT2D eigenvalue weighted by atomic mass is 9.75. The molecule has 2 aliphatic rings. The maximum absolute atomic E-state index is 13.7. The summed E-state index contributed by atoms with van der Waals surface area (Å²) in [6.45, 7) is 0. The van der Waals surface area contributed by atoms with E-state index in [1.165, 1.54) is 13.2 Å². The summed E-state index contributed by atoms with van der Waals surface area (Å²) in [4.78, 5) is 12.2. The molecule has 1 aliphatic carbocycles. The summed E-state index contributed by atoms with van der Waals surface area (Å²) in [5.74, 6) is -0.409. The Morgan fingerprint density at radius 2 is 2.16 bits per heavy atom. The maximum Gasteiger partial charge on any atom is 0.338 e. The maximum atomic E-state index is 13.7. The summed E-state index contributed by atoms with van der Waals surface area (Å²) in [6.07, 6.45) is 5.07. The van der Waals surface area contributed by atoms with Crippen molar-refractivity contribution in [3.05, 3.63) is 76.1 Å². The number of carbonyl (C=O) groups excluding carboxylic acids is 1. The Morgan fingerprint density at radius 1 is 1.32 bits per heavy atom. The molecule has 2 aromatic rings. The van der Waals surface area contributed by atoms with Crippen LogP contribution in [0.15, 0.2) is 48.6 Å². The summed E-state index contributed by atoms with van der Waals surface area (Å²) >= 11 is 6.42. The van der Waals surface area contributed by atoms with E-state index in [-0.39, 0.29) is 29.7 Å². The van der Waals surface area contributed by atoms with E-state index < -0.39 is 0 Å². The van der Waals surface area contributed by atoms with Crippen LogP contribution in [0.25, 0.3) is 0 Å². The fraction of sp³-hybridized carbons (Fsp3) is 0.250. The molecule has 0 fully saturated rings. The van der Waals surface area contributed by atoms with Crippen LogP contribution in [0.2, 0.25) is 5.02 Å². The molecule has 4 rings (SSSR count). The molecule has 1 aliphatic heterocycles. The Morgan fingerprint density at radius 3 is 2.92 bits per heavy atom. The molecule has 0 bridgehead atoms. The molecular weight excluding hydrogens is 341 g/mol. The Kier molecular flexibility index (Phi) is 4.00. The minimum absolute atomic E-state index is 0.0392. The molecule has 0 spiro atoms. The quantitative estimate of drug-likeness (QED) is 0.600. The predicted octanol–water partition coefficient (Wildman–Crippen LogP) is 5.09. The SMILES string of the molecule is COC(=O)c1ccc(Cl)c2c1C1C=CCC1[C@@H](c1cccc(F)c1)N2. The Bertz CT molecular complexity index is 880. The highest BCUT2D eigenvalue weighted by Crippen LogP contribution is 2.52. The fourth-order valence-corrected chi connectivity index (χ4v) is 4.21. The monoisotopic (exact) mass is 357 g/mol. The third-order valence-electron chi connectivity index (χ3n) is 5.08. The lowest BCUT2D eigenvalue weighted by Gasteiger charge is -2.38. The molecule has 0 saturated carbocycles. The molecule has 3 atom stereocenters. The summed E-state index contributed by atoms with van der Waals surface area (Å²) in [5, 5.41) is 4.00. The van der Waals surface area contributed by atoms with Crippen molar-refractivity contribution in [1.29, 1.82) is 0 Å². The highest BCUT2D eigenvalue weighted by atomic mass is 35.5. The van der Waals surface area contributed by atoms with Gasteiger partial charge >= 0.3 is 5.97 Å². The summed E-state index contributed by atoms with van der Waals surface area (Å²) in [7, 11) is 1.37. The summed E-state index contributed by atoms with van der Waals surface area (Å²) in [5.41, 5.74) is 3.00. The normalized spacial score (nSPS) is 23.6. The molecule has 5 heteroatoms. The molecule has 128 valence electrons. The zero-order valence-electron chi connectivity index (χ0n) is 13.6. The van der Waals surface area contributed by atoms with Crippen LogP contribution in [0.3, 0.4) is 0 Å². The van der Waals surface area contributed by atoms with Crippen molar-refractivity contribution < 1.29 is 13.9 Å². The third kappa shape index (κ3) is 2.61. The zero-order valence-corrected chi connectivity index (χ0v) is 14.4. The lowest BCUT2D eigenvalue weighted by Crippen LogP contribution is -2.30. The number of rotatable bonds is 2. The van der Waals surface area contributed by atoms with Crippen LogP contribution in [-0.2, 0) is 4.74 Å². The van der Waals surface area contributed by atoms with Gasteiger partial charge in [-0.15, -0.1) is 0 Å². The number of nitrogens with one attached hydrogen (secondary N) is 1. The average molecular weight is 358 g/mol. The van der Waals surface area contributed by atoms with Gasteiger partial charge in [-0.25, -0.2) is 9.18 Å². The number of anilines is 1. The number of ether oxygens (including phenoxy) is 1. The van der Waals surface area contributed by atoms with Gasteiger partial charge in [-0.2, -0.15) is 0 Å². The van der Waals surface area contributed by atoms with E-state index in [0.29, 0.717) is 10.6 Å². The highest BCUT2D eigenvalue weighted by Gasteiger charge is 2.41. The van der Waals surface area contributed by atoms with E-state index in [4.69, 9.17) is 16.3 Å². The molecule has 25 heavy (non-hydrogen) atoms. The second kappa shape index (κ2) is 6.19. The largest absolute Gasteiger partial charge is 0.465 e. The predicted molar refractivity (Wildman–Crippen MR) is 95.5 cm³/mol. The molecule has 1 N–H and O–H groups in total. The number of hydrogen-bond donors (Lipinski definition) is 1. The van der Waals surface area contributed by atoms with E-state index in [0.717, 1.165) is 23.2 Å². The standard InChI is InChI=1S/C20H17ClFNO2/c1-25-20(24)15-8-9-16(21)19-17(15)13-6-3-7-14(13)18(23-19)11-4-2-5-12(22)10-11/h2-6,8-10,13-14,18,23H,7H2,1H3/t13?,14?,18-/m1/s1. The van der Waals surface area contributed by atoms with Gasteiger partial charge in [-0.1, -0.05) is 35.9 Å². The summed E-state index contributed by atoms with van der Waals surface area (Å²) < 4.78 is 18.7. The second-order valence-corrected chi connectivity index (χ2v) is 6.81. The topological polar surface area (TPSA) is 38.3 Å². The number of halogens is 2. The van der Waals surface area contributed by atoms with Gasteiger partial charge in [0.15, 0.2) is 0 Å². The van der Waals surface area contributed by atoms with Crippen molar-refractivity contribution in [2.45, 2.75) is 18.4 Å². The second-order valence-electron chi connectivity index (χ2n) is 6.41. The number of methoxy groups -OCH3 is 1. The fourth-order valence-electron chi connectivity index (χ4n) is 3.99. The van der Waals surface area contributed by atoms with Gasteiger partial charge < -0.3 is 10.1 Å². The first-order chi connectivity index (χ1) is 12.1. The van der Waals surface area contributed by atoms with Crippen molar-refractivity contribution in [1.82, 2.24) is 0 Å². The van der Waals surface area contributed by atoms with Gasteiger partial charge in [-0.05, 0) is 47.7 Å². The van der Waals surface area contributed by atoms with Crippen LogP contribution in [0.5, 0.6) is 0 Å². The number of carbonyl (C=O) groups is 1. The molecule has 0 aromatic heterocycles. The van der Waals surface area contributed by atoms with Crippen molar-refractivity contribution in [2.75, 3.05) is 12.4 Å². The smallest absolute Gasteiger partial charge is 0.338 e. The van der Waals surface area contributed by atoms with Crippen molar-refractivity contribution >= 4 is 23.3 Å². The molecule has 2 aromatic carbocycles. The first-order valence-electron chi connectivity index (χ1n) is 8.19. The van der Waals surface area contributed by atoms with Crippen LogP contribution in [0.4, 0.5) is 10.1 Å². The van der Waals surface area contributed by atoms with E-state index in [2.05, 4.69) is 17.5 Å². The van der Waals surface area contributed by atoms with Gasteiger partial charge in [0.05, 0.1) is 29.4 Å². The van der Waals surface area contributed by atoms with Crippen LogP contribution in [0, 0.1) is 11.7 Å². The number of esters is 1. The molecule has 1 heterocycles. The van der Waals surface area contributed by atoms with Gasteiger partial charge in [0.25, 0.3) is 0 Å². The zero-order chi connectivity index (χ0) is 17.6. The van der Waals surface area contributed by atoms with Crippen molar-refractivity contribution in [3.63, 3.8) is 0 Å². The highest BCUT2D eigenvalue weighted by molar-refractivity contribution is 6.33. The first-order valence-corrected chi connectivity index (χ1v) is 8.57. The van der Waals surface area contributed by atoms with E-state index in [9.17, 15) is 9.18 Å². The summed E-state index contributed by atoms with van der Waals surface area (Å²) in [6, 6.07) is 9.95. The van der Waals surface area contributed by atoms with Gasteiger partial charge in [0.1, 0.15) is 5.82 Å². The average Bonchev–Trinajstić information content (AvgIpc) is 3.10. The molecule has 2 unspecified atom stereocenters. The molecule has 0 saturated heterocycles. The van der Waals surface area contributed by atoms with Gasteiger partial charge in [0, 0.05) is 5.92 Å². The van der Waals surface area contributed by atoms with Crippen molar-refractivity contribution in [3.8, 4) is 0 Å². The number of hydrogen-bond acceptors (Lipinski definition) is 3. The minimum Gasteiger partial charge on any atom is -0.465 e. The minimum atomic E-state index is -0.377. The Labute approximate surface area is 150 Å². The van der Waals surface area contributed by atoms with Crippen LogP contribution in [-0.4, -0.2) is 13.1 Å². The van der Waals surface area contributed by atoms with Crippen molar-refractivity contribution in [2.24, 2.45) is 5.92 Å². The Balaban J connectivity index is 1.87. The number of benzene rings is 2.